The third-order valence-corrected chi connectivity index (χ3v) is 15.9. The van der Waals surface area contributed by atoms with Crippen molar-refractivity contribution in [3.63, 3.8) is 0 Å². The lowest BCUT2D eigenvalue weighted by atomic mass is 9.55. The third kappa shape index (κ3) is 3.62. The maximum absolute atomic E-state index is 2.82. The van der Waals surface area contributed by atoms with E-state index in [4.69, 9.17) is 0 Å². The molecule has 1 aromatic rings. The topological polar surface area (TPSA) is 6.48 Å². The van der Waals surface area contributed by atoms with Crippen molar-refractivity contribution < 1.29 is 0 Å². The molecule has 9 aliphatic rings. The molecule has 1 aromatic carbocycles. The molecule has 1 aliphatic heterocycles. The first kappa shape index (κ1) is 22.4. The summed E-state index contributed by atoms with van der Waals surface area (Å²) < 4.78 is 0. The summed E-state index contributed by atoms with van der Waals surface area (Å²) in [6.45, 7) is 3.64. The maximum Gasteiger partial charge on any atom is 0.0704 e. The van der Waals surface area contributed by atoms with Crippen molar-refractivity contribution in [1.82, 2.24) is 4.90 Å². The lowest BCUT2D eigenvalue weighted by Gasteiger charge is -2.67. The summed E-state index contributed by atoms with van der Waals surface area (Å²) in [5.41, 5.74) is 1.67. The van der Waals surface area contributed by atoms with E-state index in [0.717, 1.165) is 42.2 Å². The highest BCUT2D eigenvalue weighted by atomic mass is 31.1. The normalized spacial score (nSPS) is 47.3. The van der Waals surface area contributed by atoms with Crippen LogP contribution >= 0.6 is 7.92 Å². The van der Waals surface area contributed by atoms with Crippen LogP contribution < -0.4 is 10.2 Å². The van der Waals surface area contributed by atoms with Crippen molar-refractivity contribution in [2.24, 2.45) is 35.5 Å². The molecule has 8 saturated carbocycles. The van der Waals surface area contributed by atoms with Gasteiger partial charge in [-0.15, -0.1) is 0 Å². The molecule has 0 spiro atoms. The highest BCUT2D eigenvalue weighted by molar-refractivity contribution is 7.69. The molecule has 1 heterocycles. The molecule has 8 aliphatic carbocycles. The van der Waals surface area contributed by atoms with Crippen LogP contribution in [0.4, 0.5) is 5.69 Å². The summed E-state index contributed by atoms with van der Waals surface area (Å²) in [6, 6.07) is 10.1. The van der Waals surface area contributed by atoms with Gasteiger partial charge in [0.05, 0.1) is 6.67 Å². The highest BCUT2D eigenvalue weighted by Gasteiger charge is 2.63. The number of nitrogens with zero attached hydrogens (tertiary/aromatic N) is 2. The second-order valence-corrected chi connectivity index (χ2v) is 17.8. The molecular formula is C32H47N2P. The van der Waals surface area contributed by atoms with E-state index in [9.17, 15) is 0 Å². The van der Waals surface area contributed by atoms with Gasteiger partial charge >= 0.3 is 0 Å². The molecule has 0 amide bonds. The number of rotatable bonds is 4. The van der Waals surface area contributed by atoms with Gasteiger partial charge in [0.15, 0.2) is 0 Å². The van der Waals surface area contributed by atoms with Crippen molar-refractivity contribution in [2.45, 2.75) is 100 Å². The Morgan fingerprint density at radius 3 is 1.63 bits per heavy atom. The van der Waals surface area contributed by atoms with Gasteiger partial charge in [0, 0.05) is 17.5 Å². The number of anilines is 1. The van der Waals surface area contributed by atoms with Crippen molar-refractivity contribution in [3.05, 3.63) is 24.3 Å². The molecule has 0 unspecified atom stereocenters. The summed E-state index contributed by atoms with van der Waals surface area (Å²) in [6.07, 6.45) is 21.8. The molecule has 1 saturated heterocycles. The van der Waals surface area contributed by atoms with Gasteiger partial charge in [-0.25, -0.2) is 0 Å². The van der Waals surface area contributed by atoms with Crippen molar-refractivity contribution in [3.8, 4) is 0 Å². The molecule has 35 heavy (non-hydrogen) atoms. The molecule has 10 rings (SSSR count). The molecule has 9 fully saturated rings. The van der Waals surface area contributed by atoms with Gasteiger partial charge in [0.25, 0.3) is 0 Å². The van der Waals surface area contributed by atoms with Gasteiger partial charge in [-0.05, 0) is 155 Å². The Balaban J connectivity index is 1.27. The minimum atomic E-state index is -0.133. The minimum Gasteiger partial charge on any atom is -0.358 e. The van der Waals surface area contributed by atoms with Crippen LogP contribution in [0, 0.1) is 35.5 Å². The Morgan fingerprint density at radius 1 is 0.657 bits per heavy atom. The van der Waals surface area contributed by atoms with E-state index in [1.807, 2.05) is 5.30 Å². The Hall–Kier alpha value is -0.590. The van der Waals surface area contributed by atoms with Crippen LogP contribution in [0.3, 0.4) is 0 Å². The van der Waals surface area contributed by atoms with Crippen LogP contribution in [-0.2, 0) is 0 Å². The molecule has 190 valence electrons. The fourth-order valence-electron chi connectivity index (χ4n) is 11.9. The SMILES string of the molecule is CN1CCCCN(c2ccccc2P(C23CC4CC(CC(C4)C2)C3)C23CC4CC(CC(C4)C2)C3)C1. The molecule has 3 heteroatoms. The van der Waals surface area contributed by atoms with E-state index >= 15 is 0 Å². The Kier molecular flexibility index (Phi) is 5.25. The Morgan fingerprint density at radius 2 is 1.11 bits per heavy atom. The summed E-state index contributed by atoms with van der Waals surface area (Å²) in [5, 5.41) is 3.22. The van der Waals surface area contributed by atoms with E-state index in [1.165, 1.54) is 25.9 Å². The number of hydrogen-bond donors (Lipinski definition) is 0. The highest BCUT2D eigenvalue weighted by Crippen LogP contribution is 2.78. The van der Waals surface area contributed by atoms with Crippen LogP contribution in [0.25, 0.3) is 0 Å². The molecule has 0 N–H and O–H groups in total. The fourth-order valence-corrected chi connectivity index (χ4v) is 17.3. The first-order chi connectivity index (χ1) is 17.1. The van der Waals surface area contributed by atoms with E-state index in [2.05, 4.69) is 41.1 Å². The predicted octanol–water partition coefficient (Wildman–Crippen LogP) is 7.22. The van der Waals surface area contributed by atoms with Gasteiger partial charge in [-0.1, -0.05) is 26.1 Å². The van der Waals surface area contributed by atoms with Gasteiger partial charge in [-0.2, -0.15) is 0 Å². The zero-order valence-corrected chi connectivity index (χ0v) is 23.0. The lowest BCUT2D eigenvalue weighted by Crippen LogP contribution is -2.58. The first-order valence-electron chi connectivity index (χ1n) is 15.4. The number of para-hydroxylation sites is 1. The molecular weight excluding hydrogens is 443 g/mol. The molecule has 2 nitrogen and oxygen atoms in total. The standard InChI is InChI=1S/C32H47N2P/c1-33-8-4-5-9-34(22-33)29-6-2-3-7-30(29)35(31-16-23-10-24(17-31)12-25(11-23)18-31)32-19-26-13-27(20-32)15-28(14-26)21-32/h2-3,6-7,23-28H,4-5,8-22H2,1H3. The van der Waals surface area contributed by atoms with Gasteiger partial charge in [0.2, 0.25) is 0 Å². The van der Waals surface area contributed by atoms with Crippen molar-refractivity contribution in [2.75, 3.05) is 31.7 Å². The monoisotopic (exact) mass is 490 g/mol. The average Bonchev–Trinajstić information content (AvgIpc) is 3.01. The maximum atomic E-state index is 2.82. The third-order valence-electron chi connectivity index (χ3n) is 12.1. The minimum absolute atomic E-state index is 0.133. The molecule has 0 aromatic heterocycles. The zero-order chi connectivity index (χ0) is 23.2. The summed E-state index contributed by atoms with van der Waals surface area (Å²) in [5.74, 6) is 6.40. The van der Waals surface area contributed by atoms with Crippen molar-refractivity contribution >= 4 is 18.9 Å². The van der Waals surface area contributed by atoms with E-state index in [1.54, 1.807) is 82.7 Å². The first-order valence-corrected chi connectivity index (χ1v) is 16.7. The number of hydrogen-bond acceptors (Lipinski definition) is 2. The second kappa shape index (κ2) is 8.20. The smallest absolute Gasteiger partial charge is 0.0704 e. The van der Waals surface area contributed by atoms with E-state index in [-0.39, 0.29) is 7.92 Å². The lowest BCUT2D eigenvalue weighted by molar-refractivity contribution is 0.0195. The molecule has 0 atom stereocenters. The van der Waals surface area contributed by atoms with E-state index in [0.29, 0.717) is 10.3 Å². The van der Waals surface area contributed by atoms with Crippen LogP contribution in [0.5, 0.6) is 0 Å². The van der Waals surface area contributed by atoms with Crippen LogP contribution in [0.1, 0.15) is 89.9 Å². The van der Waals surface area contributed by atoms with Crippen LogP contribution in [0.2, 0.25) is 0 Å². The van der Waals surface area contributed by atoms with Crippen LogP contribution in [-0.4, -0.2) is 42.0 Å². The second-order valence-electron chi connectivity index (χ2n) is 14.8. The summed E-state index contributed by atoms with van der Waals surface area (Å²) in [7, 11) is 2.22. The quantitative estimate of drug-likeness (QED) is 0.411. The van der Waals surface area contributed by atoms with E-state index < -0.39 is 0 Å². The predicted molar refractivity (Wildman–Crippen MR) is 149 cm³/mol. The molecule has 8 bridgehead atoms. The summed E-state index contributed by atoms with van der Waals surface area (Å²) >= 11 is 0. The average molecular weight is 491 g/mol. The fraction of sp³-hybridized carbons (Fsp3) is 0.812. The van der Waals surface area contributed by atoms with Gasteiger partial charge in [0.1, 0.15) is 0 Å². The Labute approximate surface area is 215 Å². The zero-order valence-electron chi connectivity index (χ0n) is 22.1. The largest absolute Gasteiger partial charge is 0.358 e. The Bertz CT molecular complexity index is 855. The van der Waals surface area contributed by atoms with Gasteiger partial charge < -0.3 is 4.90 Å². The van der Waals surface area contributed by atoms with Gasteiger partial charge in [-0.3, -0.25) is 4.90 Å². The van der Waals surface area contributed by atoms with Crippen molar-refractivity contribution in [1.29, 1.82) is 0 Å². The molecule has 0 radical (unpaired) electrons. The number of benzene rings is 1. The van der Waals surface area contributed by atoms with Crippen LogP contribution in [0.15, 0.2) is 24.3 Å². The summed E-state index contributed by atoms with van der Waals surface area (Å²) in [4.78, 5) is 5.40.